The van der Waals surface area contributed by atoms with Gasteiger partial charge < -0.3 is 10.0 Å². The van der Waals surface area contributed by atoms with Crippen molar-refractivity contribution < 1.29 is 9.90 Å². The Morgan fingerprint density at radius 2 is 1.10 bits per heavy atom. The molecule has 5 nitrogen and oxygen atoms in total. The molecule has 199 valence electrons. The molecule has 0 aromatic heterocycles. The van der Waals surface area contributed by atoms with E-state index in [1.807, 2.05) is 37.2 Å². The monoisotopic (exact) mass is 698 g/mol. The van der Waals surface area contributed by atoms with Gasteiger partial charge in [0, 0.05) is 24.3 Å². The number of azo groups is 1. The fourth-order valence-corrected chi connectivity index (χ4v) is 11.8. The van der Waals surface area contributed by atoms with Gasteiger partial charge in [0.25, 0.3) is 0 Å². The summed E-state index contributed by atoms with van der Waals surface area (Å²) in [6.45, 7) is 0. The maximum absolute atomic E-state index is 11.1. The standard InChI is InChI=1S/C15H14BrN3O2.3C6H5.Sn/c1-19(2)10-7-8-14(12(16)9-10)18-17-13-6-4-3-5-11(13)15(20)21;3*1-2-4-6-5-3-1;/h3-9H,1-2H3,(H,20,21);3*1-5H;. The average molecular weight is 698 g/mol. The molecule has 0 heterocycles. The molecule has 5 aromatic rings. The summed E-state index contributed by atoms with van der Waals surface area (Å²) in [5, 5.41) is 17.2. The first kappa shape index (κ1) is 29.2. The zero-order valence-corrected chi connectivity index (χ0v) is 26.7. The minimum atomic E-state index is -1.98. The number of rotatable bonds is 7. The Kier molecular flexibility index (Phi) is 10.7. The fourth-order valence-electron chi connectivity index (χ4n) is 4.02. The van der Waals surface area contributed by atoms with E-state index >= 15 is 0 Å². The average Bonchev–Trinajstić information content (AvgIpc) is 2.99. The van der Waals surface area contributed by atoms with E-state index < -0.39 is 25.7 Å². The molecule has 0 bridgehead atoms. The zero-order valence-electron chi connectivity index (χ0n) is 22.3. The molecule has 0 aliphatic carbocycles. The van der Waals surface area contributed by atoms with E-state index in [-0.39, 0.29) is 5.56 Å². The molecule has 0 fully saturated rings. The van der Waals surface area contributed by atoms with Gasteiger partial charge in [-0.15, -0.1) is 10.2 Å². The Bertz CT molecular complexity index is 1470. The van der Waals surface area contributed by atoms with E-state index in [0.29, 0.717) is 11.4 Å². The Balaban J connectivity index is 0.000000186. The van der Waals surface area contributed by atoms with Crippen LogP contribution < -0.4 is 15.6 Å². The predicted molar refractivity (Wildman–Crippen MR) is 170 cm³/mol. The third kappa shape index (κ3) is 7.90. The number of aromatic carboxylic acids is 1. The Morgan fingerprint density at radius 1 is 0.650 bits per heavy atom. The quantitative estimate of drug-likeness (QED) is 0.150. The van der Waals surface area contributed by atoms with Gasteiger partial charge in [0.05, 0.1) is 11.3 Å². The van der Waals surface area contributed by atoms with Crippen molar-refractivity contribution in [2.45, 2.75) is 0 Å². The predicted octanol–water partition coefficient (Wildman–Crippen LogP) is 6.83. The SMILES string of the molecule is CN(C)c1ccc(N=Nc2ccccc2C(=O)O)c(Br)c1.c1cc[c]([Sn]([c]2ccccc2)[c]2ccccc2)cc1. The third-order valence-corrected chi connectivity index (χ3v) is 14.5. The summed E-state index contributed by atoms with van der Waals surface area (Å²) in [7, 11) is 3.90. The van der Waals surface area contributed by atoms with Gasteiger partial charge in [0.1, 0.15) is 5.69 Å². The van der Waals surface area contributed by atoms with Gasteiger partial charge >= 0.3 is 127 Å². The fraction of sp³-hybridized carbons (Fsp3) is 0.0606. The molecule has 0 aliphatic rings. The summed E-state index contributed by atoms with van der Waals surface area (Å²) < 4.78 is 5.39. The summed E-state index contributed by atoms with van der Waals surface area (Å²) in [4.78, 5) is 13.1. The second-order valence-electron chi connectivity index (χ2n) is 9.03. The van der Waals surface area contributed by atoms with E-state index in [1.54, 1.807) is 18.2 Å². The van der Waals surface area contributed by atoms with Crippen LogP contribution in [0.4, 0.5) is 17.1 Å². The number of nitrogens with zero attached hydrogens (tertiary/aromatic N) is 3. The van der Waals surface area contributed by atoms with Crippen LogP contribution >= 0.6 is 15.9 Å². The zero-order chi connectivity index (χ0) is 28.3. The molecule has 5 rings (SSSR count). The summed E-state index contributed by atoms with van der Waals surface area (Å²) in [5.74, 6) is -1.02. The molecular formula is C33H29BrN3O2Sn. The number of hydrogen-bond donors (Lipinski definition) is 1. The molecule has 40 heavy (non-hydrogen) atoms. The van der Waals surface area contributed by atoms with Crippen LogP contribution in [0, 0.1) is 0 Å². The Labute approximate surface area is 250 Å². The van der Waals surface area contributed by atoms with Crippen LogP contribution in [0.15, 0.2) is 148 Å². The van der Waals surface area contributed by atoms with Crippen molar-refractivity contribution in [2.24, 2.45) is 10.2 Å². The first-order valence-corrected chi connectivity index (χ1v) is 17.8. The molecule has 0 saturated heterocycles. The van der Waals surface area contributed by atoms with E-state index in [9.17, 15) is 4.79 Å². The van der Waals surface area contributed by atoms with Gasteiger partial charge in [-0.1, -0.05) is 12.1 Å². The molecule has 5 aromatic carbocycles. The number of halogens is 1. The van der Waals surface area contributed by atoms with Crippen LogP contribution in [0.1, 0.15) is 10.4 Å². The molecule has 1 N–H and O–H groups in total. The summed E-state index contributed by atoms with van der Waals surface area (Å²) in [6.07, 6.45) is 0. The van der Waals surface area contributed by atoms with Crippen molar-refractivity contribution in [3.8, 4) is 0 Å². The van der Waals surface area contributed by atoms with Crippen LogP contribution in [0.2, 0.25) is 0 Å². The van der Waals surface area contributed by atoms with Crippen molar-refractivity contribution >= 4 is 69.5 Å². The van der Waals surface area contributed by atoms with E-state index in [0.717, 1.165) is 10.2 Å². The van der Waals surface area contributed by atoms with Gasteiger partial charge in [-0.25, -0.2) is 4.79 Å². The van der Waals surface area contributed by atoms with Crippen LogP contribution in [-0.4, -0.2) is 44.9 Å². The van der Waals surface area contributed by atoms with Crippen molar-refractivity contribution in [3.63, 3.8) is 0 Å². The van der Waals surface area contributed by atoms with Crippen molar-refractivity contribution in [3.05, 3.63) is 143 Å². The van der Waals surface area contributed by atoms with Crippen molar-refractivity contribution in [1.29, 1.82) is 0 Å². The van der Waals surface area contributed by atoms with Gasteiger partial charge in [-0.05, 0) is 46.3 Å². The third-order valence-electron chi connectivity index (χ3n) is 6.03. The van der Waals surface area contributed by atoms with E-state index in [1.165, 1.54) is 16.8 Å². The second-order valence-corrected chi connectivity index (χ2v) is 17.0. The molecule has 0 unspecified atom stereocenters. The number of carboxylic acids is 1. The molecule has 1 radical (unpaired) electrons. The van der Waals surface area contributed by atoms with E-state index in [2.05, 4.69) is 117 Å². The Morgan fingerprint density at radius 3 is 1.55 bits per heavy atom. The molecule has 0 atom stereocenters. The van der Waals surface area contributed by atoms with Crippen LogP contribution in [0.5, 0.6) is 0 Å². The molecule has 0 amide bonds. The number of anilines is 1. The van der Waals surface area contributed by atoms with Crippen LogP contribution in [0.25, 0.3) is 0 Å². The van der Waals surface area contributed by atoms with Crippen molar-refractivity contribution in [1.82, 2.24) is 0 Å². The Hall–Kier alpha value is -3.75. The van der Waals surface area contributed by atoms with E-state index in [4.69, 9.17) is 5.11 Å². The molecular weight excluding hydrogens is 669 g/mol. The van der Waals surface area contributed by atoms with Gasteiger partial charge in [-0.2, -0.15) is 0 Å². The second kappa shape index (κ2) is 14.6. The van der Waals surface area contributed by atoms with Gasteiger partial charge in [0.15, 0.2) is 0 Å². The normalized spacial score (nSPS) is 10.7. The summed E-state index contributed by atoms with van der Waals surface area (Å²) in [6, 6.07) is 45.1. The minimum absolute atomic E-state index is 0.127. The maximum atomic E-state index is 11.1. The number of carbonyl (C=O) groups is 1. The molecule has 0 aliphatic heterocycles. The first-order valence-electron chi connectivity index (χ1n) is 12.7. The summed E-state index contributed by atoms with van der Waals surface area (Å²) >= 11 is 1.46. The van der Waals surface area contributed by atoms with Gasteiger partial charge in [-0.3, -0.25) is 0 Å². The number of benzene rings is 5. The summed E-state index contributed by atoms with van der Waals surface area (Å²) in [5.41, 5.74) is 2.13. The number of carboxylic acid groups (broad SMARTS) is 1. The number of hydrogen-bond acceptors (Lipinski definition) is 4. The van der Waals surface area contributed by atoms with Crippen LogP contribution in [0.3, 0.4) is 0 Å². The first-order chi connectivity index (χ1) is 19.4. The van der Waals surface area contributed by atoms with Crippen molar-refractivity contribution in [2.75, 3.05) is 19.0 Å². The molecule has 0 spiro atoms. The van der Waals surface area contributed by atoms with Gasteiger partial charge in [0.2, 0.25) is 0 Å². The van der Waals surface area contributed by atoms with Crippen LogP contribution in [-0.2, 0) is 0 Å². The molecule has 7 heteroatoms. The topological polar surface area (TPSA) is 65.3 Å². The molecule has 0 saturated carbocycles.